The van der Waals surface area contributed by atoms with Crippen molar-refractivity contribution in [2.24, 2.45) is 11.7 Å². The Hall–Kier alpha value is -1.60. The van der Waals surface area contributed by atoms with Crippen molar-refractivity contribution >= 4 is 29.9 Å². The quantitative estimate of drug-likeness (QED) is 0.837. The normalized spacial score (nSPS) is 20.3. The van der Waals surface area contributed by atoms with Crippen LogP contribution in [0.3, 0.4) is 0 Å². The molecule has 1 aromatic rings. The van der Waals surface area contributed by atoms with E-state index < -0.39 is 0 Å². The van der Waals surface area contributed by atoms with Crippen LogP contribution < -0.4 is 11.1 Å². The lowest BCUT2D eigenvalue weighted by Gasteiger charge is -2.14. The van der Waals surface area contributed by atoms with Crippen LogP contribution in [-0.4, -0.2) is 46.6 Å². The van der Waals surface area contributed by atoms with Crippen LogP contribution in [0.25, 0.3) is 0 Å². The van der Waals surface area contributed by atoms with Crippen molar-refractivity contribution in [3.63, 3.8) is 0 Å². The lowest BCUT2D eigenvalue weighted by Crippen LogP contribution is -2.28. The van der Waals surface area contributed by atoms with Gasteiger partial charge in [0, 0.05) is 32.8 Å². The van der Waals surface area contributed by atoms with E-state index in [2.05, 4.69) is 10.4 Å². The third-order valence-electron chi connectivity index (χ3n) is 3.88. The van der Waals surface area contributed by atoms with E-state index in [4.69, 9.17) is 5.73 Å². The second-order valence-electron chi connectivity index (χ2n) is 5.82. The lowest BCUT2D eigenvalue weighted by molar-refractivity contribution is -0.129. The summed E-state index contributed by atoms with van der Waals surface area (Å²) >= 11 is 0. The van der Waals surface area contributed by atoms with Gasteiger partial charge in [-0.15, -0.1) is 12.4 Å². The Morgan fingerprint density at radius 3 is 2.77 bits per heavy atom. The Balaban J connectivity index is 0.00000242. The molecule has 0 bridgehead atoms. The summed E-state index contributed by atoms with van der Waals surface area (Å²) in [7, 11) is 3.39. The Morgan fingerprint density at radius 1 is 1.45 bits per heavy atom. The van der Waals surface area contributed by atoms with E-state index >= 15 is 0 Å². The Bertz CT molecular complexity index is 517. The van der Waals surface area contributed by atoms with Crippen molar-refractivity contribution in [1.29, 1.82) is 0 Å². The number of hydrogen-bond donors (Lipinski definition) is 2. The molecule has 124 valence electrons. The number of nitrogens with zero attached hydrogens (tertiary/aromatic N) is 3. The van der Waals surface area contributed by atoms with Crippen molar-refractivity contribution in [3.8, 4) is 0 Å². The fourth-order valence-electron chi connectivity index (χ4n) is 2.56. The van der Waals surface area contributed by atoms with E-state index in [1.165, 1.54) is 9.58 Å². The predicted molar refractivity (Wildman–Crippen MR) is 86.7 cm³/mol. The van der Waals surface area contributed by atoms with Crippen LogP contribution in [0.2, 0.25) is 0 Å². The molecule has 1 fully saturated rings. The average Bonchev–Trinajstić information content (AvgIpc) is 3.00. The highest BCUT2D eigenvalue weighted by molar-refractivity contribution is 5.90. The van der Waals surface area contributed by atoms with Gasteiger partial charge in [0.25, 0.3) is 0 Å². The van der Waals surface area contributed by atoms with Gasteiger partial charge in [-0.2, -0.15) is 5.10 Å². The van der Waals surface area contributed by atoms with Crippen molar-refractivity contribution in [2.75, 3.05) is 19.4 Å². The summed E-state index contributed by atoms with van der Waals surface area (Å²) in [5.74, 6) is 0.180. The molecule has 0 spiro atoms. The minimum absolute atomic E-state index is 0. The summed E-state index contributed by atoms with van der Waals surface area (Å²) in [4.78, 5) is 25.0. The molecular formula is C14H24ClN5O2. The summed E-state index contributed by atoms with van der Waals surface area (Å²) in [6.45, 7) is 0.163. The molecule has 0 aromatic carbocycles. The summed E-state index contributed by atoms with van der Waals surface area (Å²) < 4.78 is 1.51. The topological polar surface area (TPSA) is 93.2 Å². The summed E-state index contributed by atoms with van der Waals surface area (Å²) in [6, 6.07) is 0.135. The molecule has 0 saturated heterocycles. The highest BCUT2D eigenvalue weighted by Crippen LogP contribution is 2.27. The number of rotatable bonds is 5. The maximum Gasteiger partial charge on any atom is 0.243 e. The SMILES string of the molecule is CN(C)C(=O)Cn1cc(NC(=O)C[C@@H]2CCC[C@H]2N)cn1.Cl. The first-order chi connectivity index (χ1) is 9.95. The highest BCUT2D eigenvalue weighted by Gasteiger charge is 2.26. The fourth-order valence-corrected chi connectivity index (χ4v) is 2.56. The fraction of sp³-hybridized carbons (Fsp3) is 0.643. The van der Waals surface area contributed by atoms with Gasteiger partial charge in [-0.1, -0.05) is 6.42 Å². The van der Waals surface area contributed by atoms with Crippen LogP contribution in [0.1, 0.15) is 25.7 Å². The van der Waals surface area contributed by atoms with Gasteiger partial charge < -0.3 is 16.0 Å². The number of nitrogens with one attached hydrogen (secondary N) is 1. The Kier molecular flexibility index (Phi) is 6.83. The first-order valence-corrected chi connectivity index (χ1v) is 7.23. The van der Waals surface area contributed by atoms with E-state index in [1.54, 1.807) is 26.5 Å². The zero-order chi connectivity index (χ0) is 15.4. The number of amides is 2. The predicted octanol–water partition coefficient (Wildman–Crippen LogP) is 0.849. The molecule has 3 N–H and O–H groups in total. The van der Waals surface area contributed by atoms with E-state index in [1.807, 2.05) is 0 Å². The third kappa shape index (κ3) is 4.99. The molecule has 1 aromatic heterocycles. The summed E-state index contributed by atoms with van der Waals surface area (Å²) in [5.41, 5.74) is 6.58. The number of carbonyl (C=O) groups excluding carboxylic acids is 2. The van der Waals surface area contributed by atoms with E-state index in [-0.39, 0.29) is 42.7 Å². The van der Waals surface area contributed by atoms with E-state index in [0.717, 1.165) is 19.3 Å². The number of anilines is 1. The molecule has 2 atom stereocenters. The molecule has 0 radical (unpaired) electrons. The first kappa shape index (κ1) is 18.4. The molecule has 1 aliphatic rings. The molecule has 1 saturated carbocycles. The molecule has 8 heteroatoms. The molecular weight excluding hydrogens is 306 g/mol. The van der Waals surface area contributed by atoms with Gasteiger partial charge in [0.15, 0.2) is 0 Å². The number of likely N-dealkylation sites (N-methyl/N-ethyl adjacent to an activating group) is 1. The number of halogens is 1. The lowest BCUT2D eigenvalue weighted by atomic mass is 10.00. The number of nitrogens with two attached hydrogens (primary N) is 1. The largest absolute Gasteiger partial charge is 0.347 e. The van der Waals surface area contributed by atoms with E-state index in [9.17, 15) is 9.59 Å². The Morgan fingerprint density at radius 2 is 2.18 bits per heavy atom. The number of hydrogen-bond acceptors (Lipinski definition) is 4. The summed E-state index contributed by atoms with van der Waals surface area (Å²) in [6.07, 6.45) is 6.78. The second kappa shape index (κ2) is 8.14. The van der Waals surface area contributed by atoms with Crippen LogP contribution in [-0.2, 0) is 16.1 Å². The molecule has 1 heterocycles. The molecule has 0 unspecified atom stereocenters. The average molecular weight is 330 g/mol. The monoisotopic (exact) mass is 329 g/mol. The molecule has 1 aliphatic carbocycles. The molecule has 22 heavy (non-hydrogen) atoms. The van der Waals surface area contributed by atoms with Crippen LogP contribution in [0, 0.1) is 5.92 Å². The first-order valence-electron chi connectivity index (χ1n) is 7.23. The zero-order valence-corrected chi connectivity index (χ0v) is 13.8. The molecule has 2 amide bonds. The van der Waals surface area contributed by atoms with Gasteiger partial charge in [0.2, 0.25) is 11.8 Å². The molecule has 2 rings (SSSR count). The standard InChI is InChI=1S/C14H23N5O2.ClH/c1-18(2)14(21)9-19-8-11(7-16-19)17-13(20)6-10-4-3-5-12(10)15;/h7-8,10,12H,3-6,9,15H2,1-2H3,(H,17,20);1H/t10-,12+;/m0./s1. The van der Waals surface area contributed by atoms with Crippen molar-refractivity contribution < 1.29 is 9.59 Å². The number of carbonyl (C=O) groups is 2. The van der Waals surface area contributed by atoms with E-state index in [0.29, 0.717) is 12.1 Å². The summed E-state index contributed by atoms with van der Waals surface area (Å²) in [5, 5.41) is 6.88. The van der Waals surface area contributed by atoms with Crippen LogP contribution in [0.4, 0.5) is 5.69 Å². The smallest absolute Gasteiger partial charge is 0.243 e. The van der Waals surface area contributed by atoms with Gasteiger partial charge >= 0.3 is 0 Å². The maximum atomic E-state index is 12.0. The molecule has 0 aliphatic heterocycles. The van der Waals surface area contributed by atoms with Crippen molar-refractivity contribution in [2.45, 2.75) is 38.3 Å². The van der Waals surface area contributed by atoms with Crippen LogP contribution in [0.5, 0.6) is 0 Å². The van der Waals surface area contributed by atoms with Crippen LogP contribution in [0.15, 0.2) is 12.4 Å². The third-order valence-corrected chi connectivity index (χ3v) is 3.88. The van der Waals surface area contributed by atoms with Crippen molar-refractivity contribution in [1.82, 2.24) is 14.7 Å². The van der Waals surface area contributed by atoms with Crippen molar-refractivity contribution in [3.05, 3.63) is 12.4 Å². The van der Waals surface area contributed by atoms with Gasteiger partial charge in [-0.05, 0) is 18.8 Å². The highest BCUT2D eigenvalue weighted by atomic mass is 35.5. The molecule has 7 nitrogen and oxygen atoms in total. The number of aromatic nitrogens is 2. The Labute approximate surface area is 136 Å². The van der Waals surface area contributed by atoms with Gasteiger partial charge in [0.1, 0.15) is 6.54 Å². The minimum Gasteiger partial charge on any atom is -0.347 e. The second-order valence-corrected chi connectivity index (χ2v) is 5.82. The zero-order valence-electron chi connectivity index (χ0n) is 13.0. The van der Waals surface area contributed by atoms with Crippen LogP contribution >= 0.6 is 12.4 Å². The van der Waals surface area contributed by atoms with Gasteiger partial charge in [-0.25, -0.2) is 0 Å². The van der Waals surface area contributed by atoms with Gasteiger partial charge in [0.05, 0.1) is 11.9 Å². The minimum atomic E-state index is -0.0482. The van der Waals surface area contributed by atoms with Gasteiger partial charge in [-0.3, -0.25) is 14.3 Å². The maximum absolute atomic E-state index is 12.0.